The van der Waals surface area contributed by atoms with Crippen molar-refractivity contribution >= 4 is 42.7 Å². The van der Waals surface area contributed by atoms with Crippen LogP contribution in [0.1, 0.15) is 32.6 Å². The summed E-state index contributed by atoms with van der Waals surface area (Å²) in [6.45, 7) is 14.7. The number of anilines is 2. The van der Waals surface area contributed by atoms with E-state index in [1.807, 2.05) is 24.3 Å². The van der Waals surface area contributed by atoms with Gasteiger partial charge in [0, 0.05) is 52.6 Å². The van der Waals surface area contributed by atoms with Crippen LogP contribution in [0.25, 0.3) is 22.3 Å². The van der Waals surface area contributed by atoms with Crippen LogP contribution in [0.15, 0.2) is 36.7 Å². The van der Waals surface area contributed by atoms with Gasteiger partial charge in [-0.3, -0.25) is 0 Å². The number of amides is 3. The van der Waals surface area contributed by atoms with Gasteiger partial charge in [-0.25, -0.2) is 19.6 Å². The molecular formula is C33H49N7O5Si. The molecule has 1 aromatic carbocycles. The molecule has 13 heteroatoms. The van der Waals surface area contributed by atoms with Crippen molar-refractivity contribution in [1.82, 2.24) is 24.8 Å². The average Bonchev–Trinajstić information content (AvgIpc) is 3.42. The lowest BCUT2D eigenvalue weighted by Gasteiger charge is -2.31. The SMILES string of the molecule is CCCCOC(=O)N1CCC(NC(=O)Nc2ccc(-c3cc4c(N5CCOCC5)ncnc4n3COCC[Si](C)(C)C)cc2)CC1. The third-order valence-corrected chi connectivity index (χ3v) is 10.2. The summed E-state index contributed by atoms with van der Waals surface area (Å²) in [5.74, 6) is 0.907. The van der Waals surface area contributed by atoms with Crippen molar-refractivity contribution in [2.45, 2.75) is 71.1 Å². The lowest BCUT2D eigenvalue weighted by atomic mass is 10.1. The maximum absolute atomic E-state index is 12.8. The molecule has 0 atom stereocenters. The van der Waals surface area contributed by atoms with E-state index >= 15 is 0 Å². The summed E-state index contributed by atoms with van der Waals surface area (Å²) in [5, 5.41) is 7.00. The fourth-order valence-corrected chi connectivity index (χ4v) is 6.42. The van der Waals surface area contributed by atoms with Crippen LogP contribution in [0.5, 0.6) is 0 Å². The van der Waals surface area contributed by atoms with Gasteiger partial charge in [-0.1, -0.05) is 45.1 Å². The second-order valence-corrected chi connectivity index (χ2v) is 18.9. The number of nitrogens with one attached hydrogen (secondary N) is 2. The zero-order valence-electron chi connectivity index (χ0n) is 27.7. The molecule has 0 aliphatic carbocycles. The molecule has 2 N–H and O–H groups in total. The van der Waals surface area contributed by atoms with E-state index in [1.54, 1.807) is 11.2 Å². The molecule has 3 amide bonds. The maximum atomic E-state index is 12.8. The van der Waals surface area contributed by atoms with E-state index in [2.05, 4.69) is 62.7 Å². The number of morpholine rings is 1. The Kier molecular flexibility index (Phi) is 11.5. The second kappa shape index (κ2) is 15.7. The van der Waals surface area contributed by atoms with Gasteiger partial charge in [0.15, 0.2) is 0 Å². The highest BCUT2D eigenvalue weighted by Crippen LogP contribution is 2.33. The van der Waals surface area contributed by atoms with Gasteiger partial charge >= 0.3 is 12.1 Å². The zero-order chi connectivity index (χ0) is 32.5. The average molecular weight is 652 g/mol. The summed E-state index contributed by atoms with van der Waals surface area (Å²) in [5.41, 5.74) is 3.50. The van der Waals surface area contributed by atoms with E-state index in [0.29, 0.717) is 64.8 Å². The van der Waals surface area contributed by atoms with Gasteiger partial charge in [-0.05, 0) is 49.1 Å². The largest absolute Gasteiger partial charge is 0.449 e. The monoisotopic (exact) mass is 651 g/mol. The van der Waals surface area contributed by atoms with Crippen molar-refractivity contribution in [3.63, 3.8) is 0 Å². The molecule has 4 heterocycles. The highest BCUT2D eigenvalue weighted by atomic mass is 28.3. The predicted molar refractivity (Wildman–Crippen MR) is 183 cm³/mol. The number of carbonyl (C=O) groups is 2. The Balaban J connectivity index is 1.24. The molecule has 2 aliphatic heterocycles. The van der Waals surface area contributed by atoms with Crippen molar-refractivity contribution in [1.29, 1.82) is 0 Å². The number of hydrogen-bond acceptors (Lipinski definition) is 8. The zero-order valence-corrected chi connectivity index (χ0v) is 28.7. The topological polar surface area (TPSA) is 123 Å². The standard InChI is InChI=1S/C33H49N7O5Si/c1-5-6-17-45-33(42)39-13-11-27(12-14-39)37-32(41)36-26-9-7-25(8-10-26)29-22-28-30(38-15-18-43-19-16-38)34-23-35-31(28)40(29)24-44-20-21-46(2,3)4/h7-10,22-23,27H,5-6,11-21,24H2,1-4H3,(H2,36,37,41). The Hall–Kier alpha value is -3.68. The third-order valence-electron chi connectivity index (χ3n) is 8.45. The molecule has 2 aromatic heterocycles. The van der Waals surface area contributed by atoms with Gasteiger partial charge in [0.05, 0.1) is 30.9 Å². The van der Waals surface area contributed by atoms with Crippen molar-refractivity contribution in [3.8, 4) is 11.3 Å². The summed E-state index contributed by atoms with van der Waals surface area (Å²) in [6, 6.07) is 10.8. The minimum absolute atomic E-state index is 0.00241. The Morgan fingerprint density at radius 2 is 1.76 bits per heavy atom. The highest BCUT2D eigenvalue weighted by Gasteiger charge is 2.25. The maximum Gasteiger partial charge on any atom is 0.409 e. The fraction of sp³-hybridized carbons (Fsp3) is 0.576. The molecule has 2 aliphatic rings. The van der Waals surface area contributed by atoms with Crippen molar-refractivity contribution < 1.29 is 23.8 Å². The molecule has 3 aromatic rings. The Morgan fingerprint density at radius 1 is 1.02 bits per heavy atom. The number of likely N-dealkylation sites (tertiary alicyclic amines) is 1. The minimum Gasteiger partial charge on any atom is -0.449 e. The number of piperidine rings is 1. The molecule has 0 bridgehead atoms. The van der Waals surface area contributed by atoms with Gasteiger partial charge in [-0.15, -0.1) is 0 Å². The van der Waals surface area contributed by atoms with Crippen LogP contribution < -0.4 is 15.5 Å². The molecule has 46 heavy (non-hydrogen) atoms. The smallest absolute Gasteiger partial charge is 0.409 e. The van der Waals surface area contributed by atoms with Gasteiger partial charge in [-0.2, -0.15) is 0 Å². The fourth-order valence-electron chi connectivity index (χ4n) is 5.66. The van der Waals surface area contributed by atoms with Crippen LogP contribution in [-0.4, -0.2) is 98.3 Å². The van der Waals surface area contributed by atoms with Crippen LogP contribution in [0.2, 0.25) is 25.7 Å². The Labute approximate surface area is 272 Å². The number of rotatable bonds is 12. The molecule has 2 saturated heterocycles. The number of hydrogen-bond donors (Lipinski definition) is 2. The molecule has 0 unspecified atom stereocenters. The first-order valence-electron chi connectivity index (χ1n) is 16.6. The van der Waals surface area contributed by atoms with Crippen LogP contribution in [0.3, 0.4) is 0 Å². The number of aromatic nitrogens is 3. The van der Waals surface area contributed by atoms with Gasteiger partial charge in [0.2, 0.25) is 0 Å². The molecule has 12 nitrogen and oxygen atoms in total. The van der Waals surface area contributed by atoms with Crippen LogP contribution in [0.4, 0.5) is 21.1 Å². The summed E-state index contributed by atoms with van der Waals surface area (Å²) in [6.07, 6.45) is 4.60. The van der Waals surface area contributed by atoms with E-state index in [-0.39, 0.29) is 18.2 Å². The van der Waals surface area contributed by atoms with E-state index in [9.17, 15) is 9.59 Å². The van der Waals surface area contributed by atoms with Crippen molar-refractivity contribution in [3.05, 3.63) is 36.7 Å². The molecule has 0 saturated carbocycles. The summed E-state index contributed by atoms with van der Waals surface area (Å²) in [7, 11) is -1.23. The minimum atomic E-state index is -1.23. The first-order valence-corrected chi connectivity index (χ1v) is 20.3. The number of carbonyl (C=O) groups excluding carboxylic acids is 2. The quantitative estimate of drug-likeness (QED) is 0.187. The number of urea groups is 1. The van der Waals surface area contributed by atoms with E-state index in [1.165, 1.54) is 0 Å². The molecule has 0 radical (unpaired) electrons. The van der Waals surface area contributed by atoms with Gasteiger partial charge < -0.3 is 39.2 Å². The van der Waals surface area contributed by atoms with E-state index < -0.39 is 8.07 Å². The Morgan fingerprint density at radius 3 is 2.46 bits per heavy atom. The highest BCUT2D eigenvalue weighted by molar-refractivity contribution is 6.76. The number of unbranched alkanes of at least 4 members (excludes halogenated alkanes) is 1. The summed E-state index contributed by atoms with van der Waals surface area (Å²) < 4.78 is 19.2. The van der Waals surface area contributed by atoms with E-state index in [4.69, 9.17) is 14.2 Å². The van der Waals surface area contributed by atoms with Crippen molar-refractivity contribution in [2.24, 2.45) is 0 Å². The number of fused-ring (bicyclic) bond motifs is 1. The van der Waals surface area contributed by atoms with Crippen LogP contribution in [0, 0.1) is 0 Å². The van der Waals surface area contributed by atoms with Crippen molar-refractivity contribution in [2.75, 3.05) is 62.8 Å². The normalized spacial score (nSPS) is 16.1. The van der Waals surface area contributed by atoms with Crippen LogP contribution >= 0.6 is 0 Å². The number of ether oxygens (including phenoxy) is 3. The number of nitrogens with zero attached hydrogens (tertiary/aromatic N) is 5. The number of benzene rings is 1. The third kappa shape index (κ3) is 8.98. The molecule has 0 spiro atoms. The van der Waals surface area contributed by atoms with Crippen LogP contribution in [-0.2, 0) is 20.9 Å². The van der Waals surface area contributed by atoms with Gasteiger partial charge in [0.25, 0.3) is 0 Å². The summed E-state index contributed by atoms with van der Waals surface area (Å²) in [4.78, 5) is 38.4. The second-order valence-electron chi connectivity index (χ2n) is 13.2. The lowest BCUT2D eigenvalue weighted by molar-refractivity contribution is 0.0903. The first-order chi connectivity index (χ1) is 22.2. The molecule has 250 valence electrons. The lowest BCUT2D eigenvalue weighted by Crippen LogP contribution is -2.47. The molecule has 5 rings (SSSR count). The Bertz CT molecular complexity index is 1450. The predicted octanol–water partition coefficient (Wildman–Crippen LogP) is 5.77. The first kappa shape index (κ1) is 33.7. The summed E-state index contributed by atoms with van der Waals surface area (Å²) >= 11 is 0. The van der Waals surface area contributed by atoms with Gasteiger partial charge in [0.1, 0.15) is 24.5 Å². The molecule has 2 fully saturated rings. The molecular weight excluding hydrogens is 602 g/mol. The van der Waals surface area contributed by atoms with E-state index in [0.717, 1.165) is 60.1 Å².